The standard InChI is InChI=1S/C21H23F4N5O/c1-29-12-13(9-18(29)31)10-26-20-27-11-16(22)19(28-20)30-8-2-3-17(30)14-4-6-15(7-5-14)21(23,24)25/h4-7,11,13,17H,2-3,8-10,12H2,1H3,(H,26,27,28). The molecule has 6 nitrogen and oxygen atoms in total. The van der Waals surface area contributed by atoms with Crippen LogP contribution < -0.4 is 10.2 Å². The molecule has 10 heteroatoms. The van der Waals surface area contributed by atoms with Crippen molar-refractivity contribution in [3.8, 4) is 0 Å². The van der Waals surface area contributed by atoms with Gasteiger partial charge in [0.2, 0.25) is 11.9 Å². The number of hydrogen-bond acceptors (Lipinski definition) is 5. The first-order chi connectivity index (χ1) is 14.7. The van der Waals surface area contributed by atoms with E-state index >= 15 is 0 Å². The number of carbonyl (C=O) groups excluding carboxylic acids is 1. The van der Waals surface area contributed by atoms with Gasteiger partial charge in [0.15, 0.2) is 11.6 Å². The lowest BCUT2D eigenvalue weighted by Crippen LogP contribution is -2.26. The van der Waals surface area contributed by atoms with Crippen LogP contribution in [0.5, 0.6) is 0 Å². The summed E-state index contributed by atoms with van der Waals surface area (Å²) in [6.07, 6.45) is -1.40. The molecule has 1 N–H and O–H groups in total. The number of benzene rings is 1. The maximum Gasteiger partial charge on any atom is 0.416 e. The third kappa shape index (κ3) is 4.57. The number of rotatable bonds is 5. The monoisotopic (exact) mass is 437 g/mol. The Kier molecular flexibility index (Phi) is 5.72. The molecule has 0 spiro atoms. The topological polar surface area (TPSA) is 61.4 Å². The van der Waals surface area contributed by atoms with Gasteiger partial charge in [0.25, 0.3) is 0 Å². The van der Waals surface area contributed by atoms with Gasteiger partial charge in [-0.1, -0.05) is 12.1 Å². The summed E-state index contributed by atoms with van der Waals surface area (Å²) in [6, 6.07) is 4.72. The molecular weight excluding hydrogens is 414 g/mol. The first kappa shape index (κ1) is 21.3. The molecule has 0 saturated carbocycles. The van der Waals surface area contributed by atoms with E-state index in [1.54, 1.807) is 16.8 Å². The summed E-state index contributed by atoms with van der Waals surface area (Å²) in [5, 5.41) is 3.08. The maximum absolute atomic E-state index is 14.6. The van der Waals surface area contributed by atoms with Gasteiger partial charge in [0, 0.05) is 39.0 Å². The molecule has 2 atom stereocenters. The lowest BCUT2D eigenvalue weighted by Gasteiger charge is -2.27. The highest BCUT2D eigenvalue weighted by molar-refractivity contribution is 5.78. The predicted molar refractivity (Wildman–Crippen MR) is 107 cm³/mol. The molecule has 166 valence electrons. The van der Waals surface area contributed by atoms with Gasteiger partial charge in [-0.3, -0.25) is 4.79 Å². The highest BCUT2D eigenvalue weighted by atomic mass is 19.4. The number of likely N-dealkylation sites (tertiary alicyclic amines) is 1. The number of alkyl halides is 3. The minimum atomic E-state index is -4.40. The summed E-state index contributed by atoms with van der Waals surface area (Å²) in [7, 11) is 1.75. The minimum absolute atomic E-state index is 0.0870. The van der Waals surface area contributed by atoms with Crippen molar-refractivity contribution in [1.29, 1.82) is 0 Å². The summed E-state index contributed by atoms with van der Waals surface area (Å²) in [5.74, 6) is 0.0152. The van der Waals surface area contributed by atoms with Gasteiger partial charge in [0.05, 0.1) is 17.8 Å². The van der Waals surface area contributed by atoms with Crippen molar-refractivity contribution in [2.75, 3.05) is 36.9 Å². The Hall–Kier alpha value is -2.91. The molecule has 2 saturated heterocycles. The van der Waals surface area contributed by atoms with E-state index in [1.807, 2.05) is 0 Å². The van der Waals surface area contributed by atoms with Crippen LogP contribution in [-0.2, 0) is 11.0 Å². The molecule has 1 aromatic carbocycles. The number of halogens is 4. The number of nitrogens with one attached hydrogen (secondary N) is 1. The summed E-state index contributed by atoms with van der Waals surface area (Å²) < 4.78 is 53.2. The molecule has 0 bridgehead atoms. The van der Waals surface area contributed by atoms with Gasteiger partial charge in [-0.05, 0) is 30.5 Å². The fourth-order valence-corrected chi connectivity index (χ4v) is 4.23. The van der Waals surface area contributed by atoms with E-state index < -0.39 is 17.6 Å². The van der Waals surface area contributed by atoms with Gasteiger partial charge < -0.3 is 15.1 Å². The molecule has 0 aliphatic carbocycles. The number of hydrogen-bond donors (Lipinski definition) is 1. The van der Waals surface area contributed by atoms with Crippen molar-refractivity contribution >= 4 is 17.7 Å². The maximum atomic E-state index is 14.6. The molecule has 1 amide bonds. The fourth-order valence-electron chi connectivity index (χ4n) is 4.23. The smallest absolute Gasteiger partial charge is 0.354 e. The zero-order valence-electron chi connectivity index (χ0n) is 17.0. The van der Waals surface area contributed by atoms with Crippen LogP contribution in [0.1, 0.15) is 36.4 Å². The summed E-state index contributed by atoms with van der Waals surface area (Å²) >= 11 is 0. The van der Waals surface area contributed by atoms with Crippen molar-refractivity contribution in [1.82, 2.24) is 14.9 Å². The SMILES string of the molecule is CN1CC(CNc2ncc(F)c(N3CCCC3c3ccc(C(F)(F)F)cc3)n2)CC1=O. The normalized spacial score (nSPS) is 21.8. The van der Waals surface area contributed by atoms with E-state index in [4.69, 9.17) is 0 Å². The minimum Gasteiger partial charge on any atom is -0.354 e. The van der Waals surface area contributed by atoms with Crippen molar-refractivity contribution in [3.05, 3.63) is 47.4 Å². The Morgan fingerprint density at radius 1 is 1.23 bits per heavy atom. The zero-order valence-corrected chi connectivity index (χ0v) is 17.0. The second kappa shape index (κ2) is 8.32. The first-order valence-corrected chi connectivity index (χ1v) is 10.2. The van der Waals surface area contributed by atoms with Crippen LogP contribution in [0, 0.1) is 11.7 Å². The van der Waals surface area contributed by atoms with Crippen LogP contribution in [0.25, 0.3) is 0 Å². The van der Waals surface area contributed by atoms with E-state index in [9.17, 15) is 22.4 Å². The number of carbonyl (C=O) groups is 1. The molecule has 1 aromatic heterocycles. The van der Waals surface area contributed by atoms with Crippen molar-refractivity contribution in [3.63, 3.8) is 0 Å². The van der Waals surface area contributed by atoms with Crippen molar-refractivity contribution in [2.45, 2.75) is 31.5 Å². The molecule has 4 rings (SSSR count). The van der Waals surface area contributed by atoms with Crippen LogP contribution in [0.15, 0.2) is 30.5 Å². The highest BCUT2D eigenvalue weighted by Gasteiger charge is 2.33. The number of aromatic nitrogens is 2. The van der Waals surface area contributed by atoms with Crippen molar-refractivity contribution in [2.24, 2.45) is 5.92 Å². The van der Waals surface area contributed by atoms with Crippen LogP contribution >= 0.6 is 0 Å². The lowest BCUT2D eigenvalue weighted by atomic mass is 10.0. The molecule has 2 aliphatic heterocycles. The van der Waals surface area contributed by atoms with Crippen LogP contribution in [-0.4, -0.2) is 47.5 Å². The molecule has 2 aromatic rings. The lowest BCUT2D eigenvalue weighted by molar-refractivity contribution is -0.137. The van der Waals surface area contributed by atoms with E-state index in [-0.39, 0.29) is 29.6 Å². The molecule has 2 fully saturated rings. The van der Waals surface area contributed by atoms with E-state index in [1.165, 1.54) is 12.1 Å². The Morgan fingerprint density at radius 3 is 2.61 bits per heavy atom. The largest absolute Gasteiger partial charge is 0.416 e. The second-order valence-electron chi connectivity index (χ2n) is 8.06. The highest BCUT2D eigenvalue weighted by Crippen LogP contribution is 2.38. The molecular formula is C21H23F4N5O. The Labute approximate surface area is 177 Å². The predicted octanol–water partition coefficient (Wildman–Crippen LogP) is 3.87. The second-order valence-corrected chi connectivity index (χ2v) is 8.06. The van der Waals surface area contributed by atoms with Crippen LogP contribution in [0.3, 0.4) is 0 Å². The van der Waals surface area contributed by atoms with E-state index in [0.29, 0.717) is 38.0 Å². The number of amides is 1. The molecule has 2 aliphatic rings. The third-order valence-corrected chi connectivity index (χ3v) is 5.84. The Bertz CT molecular complexity index is 950. The zero-order chi connectivity index (χ0) is 22.2. The van der Waals surface area contributed by atoms with Crippen LogP contribution in [0.2, 0.25) is 0 Å². The van der Waals surface area contributed by atoms with Gasteiger partial charge in [-0.15, -0.1) is 0 Å². The summed E-state index contributed by atoms with van der Waals surface area (Å²) in [6.45, 7) is 1.67. The third-order valence-electron chi connectivity index (χ3n) is 5.84. The molecule has 31 heavy (non-hydrogen) atoms. The molecule has 2 unspecified atom stereocenters. The van der Waals surface area contributed by atoms with Crippen molar-refractivity contribution < 1.29 is 22.4 Å². The van der Waals surface area contributed by atoms with Gasteiger partial charge in [-0.25, -0.2) is 9.37 Å². The molecule has 3 heterocycles. The average molecular weight is 437 g/mol. The Balaban J connectivity index is 1.50. The first-order valence-electron chi connectivity index (χ1n) is 10.2. The van der Waals surface area contributed by atoms with E-state index in [2.05, 4.69) is 15.3 Å². The van der Waals surface area contributed by atoms with Gasteiger partial charge >= 0.3 is 6.18 Å². The number of nitrogens with zero attached hydrogens (tertiary/aromatic N) is 4. The van der Waals surface area contributed by atoms with Gasteiger partial charge in [-0.2, -0.15) is 18.2 Å². The molecule has 0 radical (unpaired) electrons. The van der Waals surface area contributed by atoms with Crippen LogP contribution in [0.4, 0.5) is 29.3 Å². The average Bonchev–Trinajstić information content (AvgIpc) is 3.33. The summed E-state index contributed by atoms with van der Waals surface area (Å²) in [5.41, 5.74) is -0.0259. The van der Waals surface area contributed by atoms with Gasteiger partial charge in [0.1, 0.15) is 0 Å². The fraction of sp³-hybridized carbons (Fsp3) is 0.476. The van der Waals surface area contributed by atoms with E-state index in [0.717, 1.165) is 24.8 Å². The summed E-state index contributed by atoms with van der Waals surface area (Å²) in [4.78, 5) is 23.4. The quantitative estimate of drug-likeness (QED) is 0.720. The number of anilines is 2. The Morgan fingerprint density at radius 2 is 1.97 bits per heavy atom.